The zero-order valence-electron chi connectivity index (χ0n) is 11.6. The Morgan fingerprint density at radius 1 is 1.48 bits per heavy atom. The molecule has 6 heteroatoms. The van der Waals surface area contributed by atoms with Crippen LogP contribution in [0.4, 0.5) is 4.39 Å². The first-order valence-corrected chi connectivity index (χ1v) is 7.01. The third kappa shape index (κ3) is 2.54. The molecule has 0 saturated carbocycles. The second-order valence-corrected chi connectivity index (χ2v) is 5.15. The van der Waals surface area contributed by atoms with Crippen LogP contribution in [-0.4, -0.2) is 39.7 Å². The lowest BCUT2D eigenvalue weighted by molar-refractivity contribution is 0.0740. The minimum absolute atomic E-state index is 0.0614. The summed E-state index contributed by atoms with van der Waals surface area (Å²) in [6.45, 7) is 1.13. The van der Waals surface area contributed by atoms with Crippen molar-refractivity contribution in [3.63, 3.8) is 0 Å². The van der Waals surface area contributed by atoms with E-state index in [-0.39, 0.29) is 11.9 Å². The average Bonchev–Trinajstić information content (AvgIpc) is 3.17. The first-order valence-electron chi connectivity index (χ1n) is 7.01. The van der Waals surface area contributed by atoms with Crippen molar-refractivity contribution in [1.29, 1.82) is 0 Å². The molecule has 0 spiro atoms. The predicted octanol–water partition coefficient (Wildman–Crippen LogP) is 1.57. The van der Waals surface area contributed by atoms with Crippen LogP contribution in [0.2, 0.25) is 0 Å². The molecule has 3 rings (SSSR count). The minimum Gasteiger partial charge on any atom is -0.334 e. The SMILES string of the molecule is NCC1CCCN1C(=O)c1ccc(-n2cccn2)c(F)c1. The van der Waals surface area contributed by atoms with Gasteiger partial charge in [0.1, 0.15) is 11.5 Å². The molecule has 0 aliphatic carbocycles. The molecule has 1 unspecified atom stereocenters. The normalized spacial score (nSPS) is 18.2. The molecule has 0 radical (unpaired) electrons. The quantitative estimate of drug-likeness (QED) is 0.932. The molecule has 5 nitrogen and oxygen atoms in total. The fourth-order valence-corrected chi connectivity index (χ4v) is 2.75. The third-order valence-electron chi connectivity index (χ3n) is 3.86. The zero-order chi connectivity index (χ0) is 14.8. The van der Waals surface area contributed by atoms with Crippen molar-refractivity contribution in [3.8, 4) is 5.69 Å². The van der Waals surface area contributed by atoms with Crippen LogP contribution in [-0.2, 0) is 0 Å². The van der Waals surface area contributed by atoms with Crippen LogP contribution in [0.25, 0.3) is 5.69 Å². The van der Waals surface area contributed by atoms with Crippen LogP contribution < -0.4 is 5.73 Å². The summed E-state index contributed by atoms with van der Waals surface area (Å²) < 4.78 is 15.6. The summed E-state index contributed by atoms with van der Waals surface area (Å²) in [5, 5.41) is 3.99. The van der Waals surface area contributed by atoms with Crippen molar-refractivity contribution in [3.05, 3.63) is 48.0 Å². The first-order chi connectivity index (χ1) is 10.2. The molecule has 2 heterocycles. The van der Waals surface area contributed by atoms with E-state index in [0.29, 0.717) is 24.3 Å². The summed E-state index contributed by atoms with van der Waals surface area (Å²) in [7, 11) is 0. The summed E-state index contributed by atoms with van der Waals surface area (Å²) in [5.41, 5.74) is 6.36. The van der Waals surface area contributed by atoms with E-state index in [0.717, 1.165) is 12.8 Å². The van der Waals surface area contributed by atoms with Gasteiger partial charge in [0.15, 0.2) is 0 Å². The Morgan fingerprint density at radius 3 is 3.00 bits per heavy atom. The van der Waals surface area contributed by atoms with Gasteiger partial charge in [-0.25, -0.2) is 9.07 Å². The molecule has 2 aromatic rings. The number of benzene rings is 1. The molecule has 1 aromatic carbocycles. The van der Waals surface area contributed by atoms with E-state index in [9.17, 15) is 9.18 Å². The van der Waals surface area contributed by atoms with Gasteiger partial charge in [-0.2, -0.15) is 5.10 Å². The van der Waals surface area contributed by atoms with Gasteiger partial charge in [-0.05, 0) is 37.1 Å². The highest BCUT2D eigenvalue weighted by Crippen LogP contribution is 2.21. The van der Waals surface area contributed by atoms with Crippen molar-refractivity contribution in [2.45, 2.75) is 18.9 Å². The standard InChI is InChI=1S/C15H17FN4O/c16-13-9-11(4-5-14(13)20-8-2-6-18-20)15(21)19-7-1-3-12(19)10-17/h2,4-6,8-9,12H,1,3,7,10,17H2. The van der Waals surface area contributed by atoms with E-state index < -0.39 is 5.82 Å². The highest BCUT2D eigenvalue weighted by Gasteiger charge is 2.28. The Morgan fingerprint density at radius 2 is 2.33 bits per heavy atom. The van der Waals surface area contributed by atoms with Gasteiger partial charge in [-0.1, -0.05) is 0 Å². The van der Waals surface area contributed by atoms with Gasteiger partial charge in [0.25, 0.3) is 5.91 Å². The summed E-state index contributed by atoms with van der Waals surface area (Å²) in [6.07, 6.45) is 5.09. The molecule has 1 fully saturated rings. The van der Waals surface area contributed by atoms with E-state index in [1.807, 2.05) is 0 Å². The number of hydrogen-bond donors (Lipinski definition) is 1. The average molecular weight is 288 g/mol. The maximum absolute atomic E-state index is 14.2. The second kappa shape index (κ2) is 5.65. The minimum atomic E-state index is -0.465. The number of amides is 1. The first kappa shape index (κ1) is 13.8. The van der Waals surface area contributed by atoms with Crippen molar-refractivity contribution >= 4 is 5.91 Å². The number of aromatic nitrogens is 2. The van der Waals surface area contributed by atoms with E-state index >= 15 is 0 Å². The Kier molecular flexibility index (Phi) is 3.70. The van der Waals surface area contributed by atoms with Crippen molar-refractivity contribution < 1.29 is 9.18 Å². The van der Waals surface area contributed by atoms with E-state index in [2.05, 4.69) is 5.10 Å². The lowest BCUT2D eigenvalue weighted by atomic mass is 10.1. The fraction of sp³-hybridized carbons (Fsp3) is 0.333. The monoisotopic (exact) mass is 288 g/mol. The largest absolute Gasteiger partial charge is 0.334 e. The van der Waals surface area contributed by atoms with Crippen LogP contribution in [0.1, 0.15) is 23.2 Å². The number of carbonyl (C=O) groups is 1. The molecule has 1 aromatic heterocycles. The van der Waals surface area contributed by atoms with E-state index in [1.54, 1.807) is 35.5 Å². The predicted molar refractivity (Wildman–Crippen MR) is 76.6 cm³/mol. The maximum atomic E-state index is 14.2. The third-order valence-corrected chi connectivity index (χ3v) is 3.86. The fourth-order valence-electron chi connectivity index (χ4n) is 2.75. The Labute approximate surface area is 122 Å². The maximum Gasteiger partial charge on any atom is 0.254 e. The van der Waals surface area contributed by atoms with Crippen LogP contribution in [0.15, 0.2) is 36.7 Å². The summed E-state index contributed by atoms with van der Waals surface area (Å²) in [6, 6.07) is 6.25. The molecule has 21 heavy (non-hydrogen) atoms. The Bertz CT molecular complexity index is 641. The molecular weight excluding hydrogens is 271 g/mol. The lowest BCUT2D eigenvalue weighted by Crippen LogP contribution is -2.39. The number of nitrogens with zero attached hydrogens (tertiary/aromatic N) is 3. The van der Waals surface area contributed by atoms with Gasteiger partial charge in [-0.3, -0.25) is 4.79 Å². The molecule has 1 aliphatic heterocycles. The van der Waals surface area contributed by atoms with Gasteiger partial charge >= 0.3 is 0 Å². The second-order valence-electron chi connectivity index (χ2n) is 5.15. The molecular formula is C15H17FN4O. The van der Waals surface area contributed by atoms with E-state index in [4.69, 9.17) is 5.73 Å². The highest BCUT2D eigenvalue weighted by atomic mass is 19.1. The van der Waals surface area contributed by atoms with Crippen molar-refractivity contribution in [1.82, 2.24) is 14.7 Å². The molecule has 1 atom stereocenters. The molecule has 1 aliphatic rings. The van der Waals surface area contributed by atoms with Gasteiger partial charge < -0.3 is 10.6 Å². The van der Waals surface area contributed by atoms with Gasteiger partial charge in [0, 0.05) is 37.1 Å². The Balaban J connectivity index is 1.87. The molecule has 110 valence electrons. The van der Waals surface area contributed by atoms with Crippen molar-refractivity contribution in [2.24, 2.45) is 5.73 Å². The van der Waals surface area contributed by atoms with E-state index in [1.165, 1.54) is 10.7 Å². The number of halogens is 1. The topological polar surface area (TPSA) is 64.2 Å². The number of rotatable bonds is 3. The van der Waals surface area contributed by atoms with Gasteiger partial charge in [0.05, 0.1) is 0 Å². The lowest BCUT2D eigenvalue weighted by Gasteiger charge is -2.23. The molecule has 0 bridgehead atoms. The van der Waals surface area contributed by atoms with Crippen molar-refractivity contribution in [2.75, 3.05) is 13.1 Å². The summed E-state index contributed by atoms with van der Waals surface area (Å²) >= 11 is 0. The molecule has 1 saturated heterocycles. The van der Waals surface area contributed by atoms with Crippen LogP contribution >= 0.6 is 0 Å². The number of likely N-dealkylation sites (tertiary alicyclic amines) is 1. The Hall–Kier alpha value is -2.21. The molecule has 1 amide bonds. The van der Waals surface area contributed by atoms with Gasteiger partial charge in [0.2, 0.25) is 0 Å². The summed E-state index contributed by atoms with van der Waals surface area (Å²) in [4.78, 5) is 14.2. The highest BCUT2D eigenvalue weighted by molar-refractivity contribution is 5.94. The van der Waals surface area contributed by atoms with Crippen LogP contribution in [0.3, 0.4) is 0 Å². The number of nitrogens with two attached hydrogens (primary N) is 1. The summed E-state index contributed by atoms with van der Waals surface area (Å²) in [5.74, 6) is -0.623. The van der Waals surface area contributed by atoms with Crippen LogP contribution in [0, 0.1) is 5.82 Å². The van der Waals surface area contributed by atoms with Crippen LogP contribution in [0.5, 0.6) is 0 Å². The number of hydrogen-bond acceptors (Lipinski definition) is 3. The zero-order valence-corrected chi connectivity index (χ0v) is 11.6. The smallest absolute Gasteiger partial charge is 0.254 e. The van der Waals surface area contributed by atoms with Gasteiger partial charge in [-0.15, -0.1) is 0 Å². The number of carbonyl (C=O) groups excluding carboxylic acids is 1. The molecule has 2 N–H and O–H groups in total.